The van der Waals surface area contributed by atoms with E-state index in [-0.39, 0.29) is 25.7 Å². The van der Waals surface area contributed by atoms with Gasteiger partial charge >= 0.3 is 11.9 Å². The smallest absolute Gasteiger partial charge is 0.305 e. The third-order valence-corrected chi connectivity index (χ3v) is 10.2. The zero-order valence-corrected chi connectivity index (χ0v) is 36.6. The topological polar surface area (TPSA) is 405 Å². The Bertz CT molecular complexity index is 2070. The van der Waals surface area contributed by atoms with E-state index >= 15 is 0 Å². The molecule has 8 unspecified atom stereocenters. The van der Waals surface area contributed by atoms with Gasteiger partial charge in [-0.2, -0.15) is 0 Å². The molecule has 0 spiro atoms. The number of primary amides is 1. The molecule has 1 aliphatic rings. The van der Waals surface area contributed by atoms with Gasteiger partial charge in [-0.15, -0.1) is 0 Å². The predicted octanol–water partition coefficient (Wildman–Crippen LogP) is -4.63. The summed E-state index contributed by atoms with van der Waals surface area (Å²) < 4.78 is 0. The van der Waals surface area contributed by atoms with Crippen LogP contribution in [0.15, 0.2) is 42.9 Å². The second kappa shape index (κ2) is 25.9. The summed E-state index contributed by atoms with van der Waals surface area (Å²) in [5.41, 5.74) is 12.5. The quantitative estimate of drug-likeness (QED) is 0.0710. The van der Waals surface area contributed by atoms with Gasteiger partial charge in [-0.3, -0.25) is 52.7 Å². The molecule has 1 saturated heterocycles. The van der Waals surface area contributed by atoms with E-state index in [9.17, 15) is 63.0 Å². The summed E-state index contributed by atoms with van der Waals surface area (Å²) >= 11 is 0. The fraction of sp³-hybridized carbons (Fsp3) is 0.512. The van der Waals surface area contributed by atoms with Crippen LogP contribution in [0, 0.1) is 5.92 Å². The number of nitrogens with one attached hydrogen (secondary N) is 9. The molecule has 0 saturated carbocycles. The molecule has 360 valence electrons. The van der Waals surface area contributed by atoms with Crippen LogP contribution in [0.4, 0.5) is 0 Å². The number of rotatable bonds is 17. The Labute approximate surface area is 378 Å². The molecule has 0 radical (unpaired) electrons. The molecule has 3 rings (SSSR count). The van der Waals surface area contributed by atoms with Crippen molar-refractivity contribution in [2.24, 2.45) is 17.4 Å². The first-order valence-electron chi connectivity index (χ1n) is 21.0. The Morgan fingerprint density at radius 3 is 1.98 bits per heavy atom. The average molecular weight is 927 g/mol. The fourth-order valence-corrected chi connectivity index (χ4v) is 6.53. The number of carboxylic acids is 2. The molecular formula is C41H58N12O13. The van der Waals surface area contributed by atoms with Crippen molar-refractivity contribution in [3.8, 4) is 0 Å². The Hall–Kier alpha value is -7.28. The minimum absolute atomic E-state index is 0.119. The molecule has 1 aromatic carbocycles. The number of nitrogens with zero attached hydrogens (tertiary/aromatic N) is 1. The SMILES string of the molecule is CC1NC(=O)C(Cc2cnc[nH]2)NC(=O)C(CCC(=O)O)NC(=O)C(CC(=O)O)NC(=O)C(NC(=O)C(NC(=O)C(N)Cc2ccccc2)C(C)C)CNCC(=O)C(CCC(N)=O)NC1=O. The standard InChI is InChI=1S/C41H58N12O13/c1-20(2)34(53-36(61)24(42)13-22-7-5-4-6-8-22)41(66)52-29-17-44-18-30(54)25(9-11-31(43)55)48-35(60)21(3)47-38(63)27(14-23-16-45-19-46-23)50-37(62)26(10-12-32(56)57)49-39(64)28(15-33(58)59)51-40(29)65/h4-8,16,19-21,24-29,34,44H,9-15,17-18,42H2,1-3H3,(H2,43,55)(H,45,46)(H,47,63)(H,48,60)(H,49,64)(H,50,62)(H,51,65)(H,52,66)(H,53,61)(H,56,57)(H,58,59). The number of aliphatic carboxylic acids is 2. The normalized spacial score (nSPS) is 22.6. The summed E-state index contributed by atoms with van der Waals surface area (Å²) in [6.45, 7) is 3.23. The van der Waals surface area contributed by atoms with Crippen molar-refractivity contribution >= 4 is 65.0 Å². The highest BCUT2D eigenvalue weighted by atomic mass is 16.4. The second-order valence-electron chi connectivity index (χ2n) is 16.0. The van der Waals surface area contributed by atoms with Crippen LogP contribution in [0.3, 0.4) is 0 Å². The van der Waals surface area contributed by atoms with Crippen molar-refractivity contribution in [3.05, 3.63) is 54.1 Å². The molecule has 8 amide bonds. The Morgan fingerprint density at radius 1 is 0.773 bits per heavy atom. The van der Waals surface area contributed by atoms with Crippen molar-refractivity contribution in [2.45, 2.75) is 114 Å². The van der Waals surface area contributed by atoms with Gasteiger partial charge in [0.2, 0.25) is 47.3 Å². The first-order valence-corrected chi connectivity index (χ1v) is 21.0. The molecular weight excluding hydrogens is 869 g/mol. The maximum atomic E-state index is 14.0. The first kappa shape index (κ1) is 53.1. The third-order valence-electron chi connectivity index (χ3n) is 10.2. The van der Waals surface area contributed by atoms with Crippen LogP contribution in [-0.2, 0) is 65.6 Å². The summed E-state index contributed by atoms with van der Waals surface area (Å²) in [4.78, 5) is 151. The van der Waals surface area contributed by atoms with Crippen LogP contribution in [0.2, 0.25) is 0 Å². The number of benzene rings is 1. The maximum Gasteiger partial charge on any atom is 0.305 e. The summed E-state index contributed by atoms with van der Waals surface area (Å²) in [5.74, 6) is -12.2. The predicted molar refractivity (Wildman–Crippen MR) is 230 cm³/mol. The zero-order valence-electron chi connectivity index (χ0n) is 36.6. The number of Topliss-reactive ketones (excluding diaryl/α,β-unsaturated/α-hetero) is 1. The van der Waals surface area contributed by atoms with Gasteiger partial charge in [0.15, 0.2) is 5.78 Å². The lowest BCUT2D eigenvalue weighted by Crippen LogP contribution is -2.62. The summed E-state index contributed by atoms with van der Waals surface area (Å²) in [5, 5.41) is 38.7. The Morgan fingerprint density at radius 2 is 1.38 bits per heavy atom. The number of nitrogens with two attached hydrogens (primary N) is 2. The molecule has 1 fully saturated rings. The number of carboxylic acid groups (broad SMARTS) is 2. The Balaban J connectivity index is 2.04. The average Bonchev–Trinajstić information content (AvgIpc) is 3.77. The van der Waals surface area contributed by atoms with Gasteiger partial charge in [-0.1, -0.05) is 44.2 Å². The highest BCUT2D eigenvalue weighted by Gasteiger charge is 2.36. The number of H-pyrrole nitrogens is 1. The highest BCUT2D eigenvalue weighted by Crippen LogP contribution is 2.09. The summed E-state index contributed by atoms with van der Waals surface area (Å²) in [6.07, 6.45) is -0.597. The van der Waals surface area contributed by atoms with E-state index in [1.54, 1.807) is 44.2 Å². The molecule has 0 bridgehead atoms. The van der Waals surface area contributed by atoms with Gasteiger partial charge in [0.1, 0.15) is 36.3 Å². The molecule has 66 heavy (non-hydrogen) atoms. The Kier molecular flexibility index (Phi) is 20.8. The molecule has 1 aromatic heterocycles. The molecule has 2 heterocycles. The minimum Gasteiger partial charge on any atom is -0.481 e. The van der Waals surface area contributed by atoms with Crippen LogP contribution in [0.1, 0.15) is 64.1 Å². The van der Waals surface area contributed by atoms with E-state index in [2.05, 4.69) is 52.5 Å². The third kappa shape index (κ3) is 17.7. The van der Waals surface area contributed by atoms with Crippen molar-refractivity contribution in [2.75, 3.05) is 13.1 Å². The first-order chi connectivity index (χ1) is 31.1. The molecule has 15 N–H and O–H groups in total. The van der Waals surface area contributed by atoms with Crippen molar-refractivity contribution < 1.29 is 63.0 Å². The van der Waals surface area contributed by atoms with Gasteiger partial charge in [0.05, 0.1) is 31.4 Å². The number of carbonyl (C=O) groups is 11. The lowest BCUT2D eigenvalue weighted by atomic mass is 10.0. The summed E-state index contributed by atoms with van der Waals surface area (Å²) in [7, 11) is 0. The van der Waals surface area contributed by atoms with E-state index in [0.29, 0.717) is 5.69 Å². The van der Waals surface area contributed by atoms with Gasteiger partial charge in [0.25, 0.3) is 0 Å². The molecule has 8 atom stereocenters. The van der Waals surface area contributed by atoms with Gasteiger partial charge in [0, 0.05) is 37.7 Å². The maximum absolute atomic E-state index is 14.0. The van der Waals surface area contributed by atoms with Gasteiger partial charge in [-0.25, -0.2) is 4.98 Å². The lowest BCUT2D eigenvalue weighted by Gasteiger charge is -2.28. The molecule has 2 aromatic rings. The number of imidazole rings is 1. The molecule has 25 heteroatoms. The number of ketones is 1. The van der Waals surface area contributed by atoms with Gasteiger partial charge in [-0.05, 0) is 37.7 Å². The fourth-order valence-electron chi connectivity index (χ4n) is 6.53. The van der Waals surface area contributed by atoms with Crippen molar-refractivity contribution in [3.63, 3.8) is 0 Å². The van der Waals surface area contributed by atoms with E-state index in [0.717, 1.165) is 5.56 Å². The second-order valence-corrected chi connectivity index (χ2v) is 16.0. The highest BCUT2D eigenvalue weighted by molar-refractivity contribution is 5.99. The van der Waals surface area contributed by atoms with E-state index in [1.807, 2.05) is 0 Å². The van der Waals surface area contributed by atoms with E-state index in [1.165, 1.54) is 19.4 Å². The number of hydrogen-bond acceptors (Lipinski definition) is 14. The van der Waals surface area contributed by atoms with E-state index < -0.39 is 152 Å². The molecule has 25 nitrogen and oxygen atoms in total. The number of amides is 8. The van der Waals surface area contributed by atoms with Crippen LogP contribution in [-0.4, -0.2) is 147 Å². The number of carbonyl (C=O) groups excluding carboxylic acids is 9. The van der Waals surface area contributed by atoms with Crippen LogP contribution < -0.4 is 54.0 Å². The largest absolute Gasteiger partial charge is 0.481 e. The lowest BCUT2D eigenvalue weighted by molar-refractivity contribution is -0.141. The molecule has 1 aliphatic heterocycles. The van der Waals surface area contributed by atoms with Gasteiger partial charge < -0.3 is 69.2 Å². The van der Waals surface area contributed by atoms with Crippen LogP contribution in [0.5, 0.6) is 0 Å². The van der Waals surface area contributed by atoms with Crippen LogP contribution >= 0.6 is 0 Å². The summed E-state index contributed by atoms with van der Waals surface area (Å²) in [6, 6.07) is -3.33. The van der Waals surface area contributed by atoms with E-state index in [4.69, 9.17) is 11.5 Å². The zero-order chi connectivity index (χ0) is 49.1. The monoisotopic (exact) mass is 926 g/mol. The van der Waals surface area contributed by atoms with Crippen LogP contribution in [0.25, 0.3) is 0 Å². The molecule has 0 aliphatic carbocycles. The number of hydrogen-bond donors (Lipinski definition) is 13. The number of aromatic nitrogens is 2. The van der Waals surface area contributed by atoms with Crippen molar-refractivity contribution in [1.29, 1.82) is 0 Å². The minimum atomic E-state index is -1.98. The number of aromatic amines is 1. The van der Waals surface area contributed by atoms with Crippen molar-refractivity contribution in [1.82, 2.24) is 52.5 Å².